The maximum absolute atomic E-state index is 13.7. The third kappa shape index (κ3) is 9.12. The van der Waals surface area contributed by atoms with Gasteiger partial charge < -0.3 is 15.0 Å². The molecule has 1 N–H and O–H groups in total. The minimum absolute atomic E-state index is 0.156. The number of nitrogens with one attached hydrogen (secondary N) is 1. The Morgan fingerprint density at radius 3 is 2.12 bits per heavy atom. The van der Waals surface area contributed by atoms with Crippen LogP contribution in [0.5, 0.6) is 5.75 Å². The van der Waals surface area contributed by atoms with Gasteiger partial charge in [-0.15, -0.1) is 0 Å². The van der Waals surface area contributed by atoms with E-state index in [2.05, 4.69) is 5.32 Å². The van der Waals surface area contributed by atoms with Crippen LogP contribution in [0.4, 0.5) is 5.69 Å². The Kier molecular flexibility index (Phi) is 9.98. The van der Waals surface area contributed by atoms with Gasteiger partial charge in [-0.1, -0.05) is 60.2 Å². The largest absolute Gasteiger partial charge is 0.489 e. The lowest BCUT2D eigenvalue weighted by molar-refractivity contribution is -0.140. The van der Waals surface area contributed by atoms with Crippen molar-refractivity contribution in [1.29, 1.82) is 0 Å². The monoisotopic (exact) mass is 565 g/mol. The van der Waals surface area contributed by atoms with Gasteiger partial charge >= 0.3 is 0 Å². The number of hydrogen-bond donors (Lipinski definition) is 1. The van der Waals surface area contributed by atoms with Crippen LogP contribution < -0.4 is 14.4 Å². The van der Waals surface area contributed by atoms with Crippen LogP contribution in [0.15, 0.2) is 78.9 Å². The van der Waals surface area contributed by atoms with Gasteiger partial charge in [0.2, 0.25) is 21.8 Å². The fraction of sp³-hybridized carbons (Fsp3) is 0.355. The van der Waals surface area contributed by atoms with Crippen LogP contribution in [0.25, 0.3) is 0 Å². The van der Waals surface area contributed by atoms with E-state index in [1.54, 1.807) is 31.2 Å². The number of sulfonamides is 1. The fourth-order valence-corrected chi connectivity index (χ4v) is 4.98. The summed E-state index contributed by atoms with van der Waals surface area (Å²) < 4.78 is 32.5. The highest BCUT2D eigenvalue weighted by atomic mass is 32.2. The van der Waals surface area contributed by atoms with Crippen LogP contribution in [-0.4, -0.2) is 49.5 Å². The van der Waals surface area contributed by atoms with Crippen molar-refractivity contribution in [3.05, 3.63) is 95.6 Å². The summed E-state index contributed by atoms with van der Waals surface area (Å²) in [4.78, 5) is 28.2. The Balaban J connectivity index is 1.83. The summed E-state index contributed by atoms with van der Waals surface area (Å²) in [6.07, 6.45) is 1.06. The van der Waals surface area contributed by atoms with Gasteiger partial charge in [0.1, 0.15) is 24.9 Å². The molecule has 3 aromatic carbocycles. The van der Waals surface area contributed by atoms with Crippen LogP contribution in [0.3, 0.4) is 0 Å². The van der Waals surface area contributed by atoms with Crippen LogP contribution in [0, 0.1) is 6.92 Å². The van der Waals surface area contributed by atoms with E-state index in [4.69, 9.17) is 4.74 Å². The standard InChI is InChI=1S/C31H39N3O5S/c1-23-11-10-14-26(19-23)20-33(24(2)30(36)32-31(3,4)5)29(35)21-34(40(6,37)38)27-15-17-28(18-16-27)39-22-25-12-8-7-9-13-25/h7-19,24H,20-22H2,1-6H3,(H,32,36)/t24-/m1/s1. The van der Waals surface area contributed by atoms with Crippen molar-refractivity contribution in [2.24, 2.45) is 0 Å². The first-order chi connectivity index (χ1) is 18.7. The van der Waals surface area contributed by atoms with E-state index in [0.717, 1.165) is 27.3 Å². The quantitative estimate of drug-likeness (QED) is 0.365. The number of rotatable bonds is 11. The van der Waals surface area contributed by atoms with E-state index in [1.807, 2.05) is 82.3 Å². The zero-order chi connectivity index (χ0) is 29.5. The molecule has 2 amide bonds. The number of anilines is 1. The van der Waals surface area contributed by atoms with E-state index in [9.17, 15) is 18.0 Å². The number of ether oxygens (including phenoxy) is 1. The molecule has 0 aliphatic rings. The van der Waals surface area contributed by atoms with E-state index in [1.165, 1.54) is 4.90 Å². The summed E-state index contributed by atoms with van der Waals surface area (Å²) in [5.41, 5.74) is 2.70. The summed E-state index contributed by atoms with van der Waals surface area (Å²) in [6.45, 7) is 9.26. The molecule has 0 fully saturated rings. The Bertz CT molecular complexity index is 1400. The van der Waals surface area contributed by atoms with Crippen molar-refractivity contribution in [2.75, 3.05) is 17.1 Å². The van der Waals surface area contributed by atoms with Crippen molar-refractivity contribution >= 4 is 27.5 Å². The first kappa shape index (κ1) is 30.7. The Hall–Kier alpha value is -3.85. The number of carbonyl (C=O) groups is 2. The van der Waals surface area contributed by atoms with Crippen LogP contribution in [0.2, 0.25) is 0 Å². The summed E-state index contributed by atoms with van der Waals surface area (Å²) in [5, 5.41) is 2.92. The molecule has 3 rings (SSSR count). The van der Waals surface area contributed by atoms with E-state index in [-0.39, 0.29) is 12.5 Å². The minimum atomic E-state index is -3.82. The molecular weight excluding hydrogens is 526 g/mol. The molecule has 1 atom stereocenters. The molecule has 8 nitrogen and oxygen atoms in total. The van der Waals surface area contributed by atoms with Gasteiger partial charge in [-0.05, 0) is 70.0 Å². The average Bonchev–Trinajstić information content (AvgIpc) is 2.88. The minimum Gasteiger partial charge on any atom is -0.489 e. The summed E-state index contributed by atoms with van der Waals surface area (Å²) in [5.74, 6) is -0.242. The molecule has 40 heavy (non-hydrogen) atoms. The molecular formula is C31H39N3O5S. The van der Waals surface area contributed by atoms with Gasteiger partial charge in [0.15, 0.2) is 0 Å². The van der Waals surface area contributed by atoms with Gasteiger partial charge in [-0.2, -0.15) is 0 Å². The first-order valence-electron chi connectivity index (χ1n) is 13.1. The molecule has 9 heteroatoms. The fourth-order valence-electron chi connectivity index (χ4n) is 4.13. The molecule has 0 aromatic heterocycles. The molecule has 0 heterocycles. The molecule has 0 saturated heterocycles. The highest BCUT2D eigenvalue weighted by molar-refractivity contribution is 7.92. The van der Waals surface area contributed by atoms with Gasteiger partial charge in [-0.25, -0.2) is 8.42 Å². The molecule has 0 spiro atoms. The Morgan fingerprint density at radius 2 is 1.55 bits per heavy atom. The topological polar surface area (TPSA) is 96.0 Å². The highest BCUT2D eigenvalue weighted by Crippen LogP contribution is 2.23. The van der Waals surface area contributed by atoms with Gasteiger partial charge in [0, 0.05) is 12.1 Å². The van der Waals surface area contributed by atoms with Crippen molar-refractivity contribution in [2.45, 2.75) is 59.4 Å². The van der Waals surface area contributed by atoms with Gasteiger partial charge in [0.25, 0.3) is 0 Å². The maximum atomic E-state index is 13.7. The second-order valence-electron chi connectivity index (χ2n) is 11.0. The molecule has 0 unspecified atom stereocenters. The third-order valence-electron chi connectivity index (χ3n) is 6.15. The lowest BCUT2D eigenvalue weighted by Crippen LogP contribution is -2.54. The van der Waals surface area contributed by atoms with Gasteiger partial charge in [0.05, 0.1) is 11.9 Å². The van der Waals surface area contributed by atoms with E-state index < -0.39 is 34.1 Å². The van der Waals surface area contributed by atoms with Crippen molar-refractivity contribution in [1.82, 2.24) is 10.2 Å². The normalized spacial score (nSPS) is 12.3. The lowest BCUT2D eigenvalue weighted by Gasteiger charge is -2.33. The number of benzene rings is 3. The molecule has 3 aromatic rings. The molecule has 0 aliphatic carbocycles. The number of carbonyl (C=O) groups excluding carboxylic acids is 2. The van der Waals surface area contributed by atoms with Crippen molar-refractivity contribution < 1.29 is 22.7 Å². The highest BCUT2D eigenvalue weighted by Gasteiger charge is 2.31. The SMILES string of the molecule is Cc1cccc(CN(C(=O)CN(c2ccc(OCc3ccccc3)cc2)S(C)(=O)=O)[C@H](C)C(=O)NC(C)(C)C)c1. The maximum Gasteiger partial charge on any atom is 0.244 e. The van der Waals surface area contributed by atoms with Crippen molar-refractivity contribution in [3.63, 3.8) is 0 Å². The van der Waals surface area contributed by atoms with E-state index >= 15 is 0 Å². The molecule has 0 aliphatic heterocycles. The second-order valence-corrected chi connectivity index (χ2v) is 12.9. The number of hydrogen-bond acceptors (Lipinski definition) is 5. The van der Waals surface area contributed by atoms with Crippen LogP contribution in [-0.2, 0) is 32.8 Å². The number of aryl methyl sites for hydroxylation is 1. The van der Waals surface area contributed by atoms with Crippen LogP contribution in [0.1, 0.15) is 44.4 Å². The number of nitrogens with zero attached hydrogens (tertiary/aromatic N) is 2. The Morgan fingerprint density at radius 1 is 0.925 bits per heavy atom. The second kappa shape index (κ2) is 13.0. The van der Waals surface area contributed by atoms with E-state index in [0.29, 0.717) is 18.0 Å². The predicted octanol–water partition coefficient (Wildman–Crippen LogP) is 4.67. The molecule has 214 valence electrons. The molecule has 0 bridgehead atoms. The smallest absolute Gasteiger partial charge is 0.244 e. The summed E-state index contributed by atoms with van der Waals surface area (Å²) >= 11 is 0. The lowest BCUT2D eigenvalue weighted by atomic mass is 10.1. The third-order valence-corrected chi connectivity index (χ3v) is 7.29. The Labute approximate surface area is 238 Å². The summed E-state index contributed by atoms with van der Waals surface area (Å²) in [6, 6.07) is 23.1. The molecule has 0 saturated carbocycles. The summed E-state index contributed by atoms with van der Waals surface area (Å²) in [7, 11) is -3.82. The zero-order valence-corrected chi connectivity index (χ0v) is 24.9. The zero-order valence-electron chi connectivity index (χ0n) is 24.0. The first-order valence-corrected chi connectivity index (χ1v) is 15.0. The van der Waals surface area contributed by atoms with Crippen LogP contribution >= 0.6 is 0 Å². The van der Waals surface area contributed by atoms with Crippen molar-refractivity contribution in [3.8, 4) is 5.75 Å². The molecule has 0 radical (unpaired) electrons. The van der Waals surface area contributed by atoms with Gasteiger partial charge in [-0.3, -0.25) is 13.9 Å². The predicted molar refractivity (Wildman–Crippen MR) is 158 cm³/mol. The average molecular weight is 566 g/mol. The number of amides is 2.